The van der Waals surface area contributed by atoms with Crippen molar-refractivity contribution in [2.24, 2.45) is 0 Å². The average molecular weight is 119 g/mol. The van der Waals surface area contributed by atoms with Crippen LogP contribution in [0.3, 0.4) is 0 Å². The molecule has 0 rings (SSSR count). The maximum absolute atomic E-state index is 9.30. The first-order chi connectivity index (χ1) is 3.81. The van der Waals surface area contributed by atoms with Crippen molar-refractivity contribution in [1.82, 2.24) is 0 Å². The van der Waals surface area contributed by atoms with Gasteiger partial charge in [-0.3, -0.25) is 0 Å². The normalized spacial score (nSPS) is 15.9. The van der Waals surface area contributed by atoms with Crippen LogP contribution in [0.25, 0.3) is 0 Å². The highest BCUT2D eigenvalue weighted by Gasteiger charge is 2.31. The summed E-state index contributed by atoms with van der Waals surface area (Å²) in [6.45, 7) is 6.56. The van der Waals surface area contributed by atoms with Crippen molar-refractivity contribution in [2.45, 2.75) is 38.9 Å². The molecule has 0 spiro atoms. The molecular weight excluding hydrogens is 104 g/mol. The van der Waals surface area contributed by atoms with E-state index in [0.29, 0.717) is 0 Å². The van der Waals surface area contributed by atoms with E-state index in [1.807, 2.05) is 0 Å². The maximum atomic E-state index is 9.30. The minimum Gasteiger partial charge on any atom is -0.387 e. The van der Waals surface area contributed by atoms with Gasteiger partial charge in [0.1, 0.15) is 0 Å². The first kappa shape index (κ1) is 6.05. The van der Waals surface area contributed by atoms with Gasteiger partial charge in [0, 0.05) is 0 Å². The molecular formula is C6H14O2. The molecule has 2 nitrogen and oxygen atoms in total. The van der Waals surface area contributed by atoms with Crippen LogP contribution in [0.15, 0.2) is 0 Å². The van der Waals surface area contributed by atoms with Crippen LogP contribution in [0.1, 0.15) is 27.7 Å². The summed E-state index contributed by atoms with van der Waals surface area (Å²) in [6, 6.07) is 0. The molecule has 8 heavy (non-hydrogen) atoms. The smallest absolute Gasteiger partial charge is 0.211 e. The highest BCUT2D eigenvalue weighted by Crippen LogP contribution is 2.18. The van der Waals surface area contributed by atoms with Gasteiger partial charge in [0.2, 0.25) is 1.43 Å². The highest BCUT2D eigenvalue weighted by atomic mass is 16.3. The van der Waals surface area contributed by atoms with Gasteiger partial charge in [0.15, 0.2) is 0 Å². The summed E-state index contributed by atoms with van der Waals surface area (Å²) in [5.74, 6) is 0. The Bertz CT molecular complexity index is 93.7. The Hall–Kier alpha value is -0.0800. The molecule has 0 aromatic carbocycles. The maximum Gasteiger partial charge on any atom is 0.211 e. The third-order valence-electron chi connectivity index (χ3n) is 1.47. The molecule has 50 valence electrons. The van der Waals surface area contributed by atoms with Gasteiger partial charge in [-0.05, 0) is 27.7 Å². The Morgan fingerprint density at radius 2 is 1.50 bits per heavy atom. The van der Waals surface area contributed by atoms with Crippen molar-refractivity contribution < 1.29 is 10.2 Å². The Morgan fingerprint density at radius 1 is 1.12 bits per heavy atom. The van der Waals surface area contributed by atoms with Crippen LogP contribution in [0.2, 0.25) is 0 Å². The molecule has 0 aliphatic rings. The van der Waals surface area contributed by atoms with Crippen molar-refractivity contribution in [3.8, 4) is 0 Å². The van der Waals surface area contributed by atoms with Gasteiger partial charge in [0.05, 0.1) is 11.2 Å². The summed E-state index contributed by atoms with van der Waals surface area (Å²) < 4.78 is 6.60. The molecule has 2 N–H and O–H groups in total. The van der Waals surface area contributed by atoms with E-state index in [0.717, 1.165) is 0 Å². The first-order valence-corrected chi connectivity index (χ1v) is 2.68. The van der Waals surface area contributed by atoms with E-state index in [9.17, 15) is 5.11 Å². The minimum absolute atomic E-state index is 0.799. The first-order valence-electron chi connectivity index (χ1n) is 3.09. The Morgan fingerprint density at radius 3 is 1.50 bits per heavy atom. The zero-order valence-corrected chi connectivity index (χ0v) is 5.86. The van der Waals surface area contributed by atoms with E-state index in [1.54, 1.807) is 27.7 Å². The largest absolute Gasteiger partial charge is 0.387 e. The van der Waals surface area contributed by atoms with Crippen LogP contribution in [0.5, 0.6) is 0 Å². The van der Waals surface area contributed by atoms with E-state index < -0.39 is 11.2 Å². The van der Waals surface area contributed by atoms with Gasteiger partial charge < -0.3 is 10.2 Å². The number of rotatable bonds is 2. The molecule has 0 aliphatic heterocycles. The van der Waals surface area contributed by atoms with Gasteiger partial charge >= 0.3 is 0 Å². The van der Waals surface area contributed by atoms with Crippen molar-refractivity contribution in [3.63, 3.8) is 0 Å². The van der Waals surface area contributed by atoms with Crippen molar-refractivity contribution in [3.05, 3.63) is 0 Å². The van der Waals surface area contributed by atoms with E-state index in [4.69, 9.17) is 1.43 Å². The number of hydrogen-bond acceptors (Lipinski definition) is 2. The van der Waals surface area contributed by atoms with Crippen LogP contribution in [-0.2, 0) is 0 Å². The Labute approximate surface area is 51.6 Å². The van der Waals surface area contributed by atoms with E-state index in [1.165, 1.54) is 0 Å². The summed E-state index contributed by atoms with van der Waals surface area (Å²) in [7, 11) is 0. The molecule has 2 heteroatoms. The molecule has 0 radical (unpaired) electrons. The Kier molecular flexibility index (Phi) is 1.29. The monoisotopic (exact) mass is 119 g/mol. The van der Waals surface area contributed by atoms with Crippen molar-refractivity contribution in [1.29, 1.82) is 1.43 Å². The number of hydrogen-bond donors (Lipinski definition) is 2. The lowest BCUT2D eigenvalue weighted by Gasteiger charge is -2.31. The van der Waals surface area contributed by atoms with Crippen LogP contribution >= 0.6 is 0 Å². The van der Waals surface area contributed by atoms with Crippen LogP contribution in [0, 0.1) is 0 Å². The lowest BCUT2D eigenvalue weighted by atomic mass is 9.90. The minimum atomic E-state index is -0.964. The molecule has 0 atom stereocenters. The second kappa shape index (κ2) is 1.71. The zero-order chi connectivity index (χ0) is 7.71. The molecule has 0 fully saturated rings. The average Bonchev–Trinajstić information content (AvgIpc) is 1.64. The topological polar surface area (TPSA) is 40.5 Å². The molecule has 0 amide bonds. The van der Waals surface area contributed by atoms with Gasteiger partial charge in [0.25, 0.3) is 0 Å². The second-order valence-electron chi connectivity index (χ2n) is 3.07. The molecule has 0 aliphatic carbocycles. The van der Waals surface area contributed by atoms with Gasteiger partial charge in [-0.2, -0.15) is 0 Å². The predicted octanol–water partition coefficient (Wildman–Crippen LogP) is 0.528. The summed E-state index contributed by atoms with van der Waals surface area (Å²) >= 11 is 0. The predicted molar refractivity (Wildman–Crippen MR) is 32.6 cm³/mol. The second-order valence-corrected chi connectivity index (χ2v) is 3.07. The van der Waals surface area contributed by atoms with E-state index in [-0.39, 0.29) is 0 Å². The zero-order valence-electron chi connectivity index (χ0n) is 6.86. The van der Waals surface area contributed by atoms with Gasteiger partial charge in [-0.15, -0.1) is 0 Å². The van der Waals surface area contributed by atoms with Crippen LogP contribution in [-0.4, -0.2) is 22.8 Å². The molecule has 0 aromatic heterocycles. The standard InChI is InChI=1S/C6H14O2/c1-5(2,7)6(3,4)8/h7-8H,1-4H3/i7D. The van der Waals surface area contributed by atoms with Crippen LogP contribution in [0.4, 0.5) is 0 Å². The molecule has 0 heterocycles. The van der Waals surface area contributed by atoms with Crippen molar-refractivity contribution >= 4 is 0 Å². The van der Waals surface area contributed by atoms with Gasteiger partial charge in [-0.1, -0.05) is 0 Å². The quantitative estimate of drug-likeness (QED) is 0.556. The Balaban J connectivity index is 4.14. The lowest BCUT2D eigenvalue weighted by Crippen LogP contribution is -2.44. The van der Waals surface area contributed by atoms with E-state index >= 15 is 0 Å². The summed E-state index contributed by atoms with van der Waals surface area (Å²) in [5, 5.41) is 13.6. The summed E-state index contributed by atoms with van der Waals surface area (Å²) in [4.78, 5) is 0. The SMILES string of the molecule is [2H]OC(C)(C)C(C)(C)O. The fourth-order valence-electron chi connectivity index (χ4n) is 0. The fraction of sp³-hybridized carbons (Fsp3) is 1.00. The number of aliphatic hydroxyl groups is 2. The van der Waals surface area contributed by atoms with E-state index in [2.05, 4.69) is 5.11 Å². The highest BCUT2D eigenvalue weighted by molar-refractivity contribution is 4.84. The fourth-order valence-corrected chi connectivity index (χ4v) is 0. The summed E-state index contributed by atoms with van der Waals surface area (Å²) in [6.07, 6.45) is 0. The lowest BCUT2D eigenvalue weighted by molar-refractivity contribution is -0.107. The molecule has 0 aromatic rings. The summed E-state index contributed by atoms with van der Waals surface area (Å²) in [5.41, 5.74) is -1.76. The van der Waals surface area contributed by atoms with Crippen LogP contribution < -0.4 is 0 Å². The third kappa shape index (κ3) is 1.80. The van der Waals surface area contributed by atoms with Gasteiger partial charge in [-0.25, -0.2) is 0 Å². The molecule has 0 unspecified atom stereocenters. The molecule has 0 saturated heterocycles. The van der Waals surface area contributed by atoms with Crippen molar-refractivity contribution in [2.75, 3.05) is 0 Å². The molecule has 0 bridgehead atoms. The third-order valence-corrected chi connectivity index (χ3v) is 1.47. The molecule has 0 saturated carbocycles.